The van der Waals surface area contributed by atoms with Crippen molar-refractivity contribution in [1.82, 2.24) is 10.6 Å². The first-order chi connectivity index (χ1) is 11.6. The van der Waals surface area contributed by atoms with Crippen LogP contribution >= 0.6 is 0 Å². The summed E-state index contributed by atoms with van der Waals surface area (Å²) in [6, 6.07) is 10.2. The molecule has 1 heterocycles. The van der Waals surface area contributed by atoms with Crippen LogP contribution in [0.2, 0.25) is 0 Å². The van der Waals surface area contributed by atoms with Crippen molar-refractivity contribution < 1.29 is 23.5 Å². The smallest absolute Gasteiger partial charge is 0.251 e. The lowest BCUT2D eigenvalue weighted by atomic mass is 10.2. The molecule has 0 atom stereocenters. The Morgan fingerprint density at radius 2 is 1.46 bits per heavy atom. The average Bonchev–Trinajstić information content (AvgIpc) is 3.06. The predicted octanol–water partition coefficient (Wildman–Crippen LogP) is 1.71. The molecule has 0 saturated heterocycles. The molecule has 2 N–H and O–H groups in total. The van der Waals surface area contributed by atoms with Gasteiger partial charge in [-0.05, 0) is 42.5 Å². The highest BCUT2D eigenvalue weighted by molar-refractivity contribution is 5.95. The van der Waals surface area contributed by atoms with Crippen LogP contribution in [0.1, 0.15) is 20.7 Å². The van der Waals surface area contributed by atoms with Crippen LogP contribution < -0.4 is 20.1 Å². The Kier molecular flexibility index (Phi) is 4.60. The first-order valence-corrected chi connectivity index (χ1v) is 7.35. The van der Waals surface area contributed by atoms with Gasteiger partial charge in [0, 0.05) is 24.2 Å². The van der Waals surface area contributed by atoms with Crippen LogP contribution in [-0.2, 0) is 0 Å². The van der Waals surface area contributed by atoms with Gasteiger partial charge in [0.05, 0.1) is 0 Å². The van der Waals surface area contributed by atoms with Gasteiger partial charge in [0.2, 0.25) is 6.79 Å². The first-order valence-electron chi connectivity index (χ1n) is 7.35. The van der Waals surface area contributed by atoms with E-state index in [-0.39, 0.29) is 31.7 Å². The minimum atomic E-state index is -0.400. The Bertz CT molecular complexity index is 762. The number of rotatable bonds is 5. The van der Waals surface area contributed by atoms with E-state index in [9.17, 15) is 14.0 Å². The molecule has 0 unspecified atom stereocenters. The SMILES string of the molecule is O=C(NCCNC(=O)c1ccc2c(c1)OCO2)c1ccc(F)cc1. The van der Waals surface area contributed by atoms with E-state index < -0.39 is 5.82 Å². The quantitative estimate of drug-likeness (QED) is 0.819. The first kappa shape index (κ1) is 15.8. The number of hydrogen-bond acceptors (Lipinski definition) is 4. The van der Waals surface area contributed by atoms with E-state index in [0.717, 1.165) is 0 Å². The Balaban J connectivity index is 1.45. The number of ether oxygens (including phenoxy) is 2. The molecule has 24 heavy (non-hydrogen) atoms. The molecular weight excluding hydrogens is 315 g/mol. The largest absolute Gasteiger partial charge is 0.454 e. The fraction of sp³-hybridized carbons (Fsp3) is 0.176. The highest BCUT2D eigenvalue weighted by atomic mass is 19.1. The molecule has 6 nitrogen and oxygen atoms in total. The maximum Gasteiger partial charge on any atom is 0.251 e. The molecule has 2 aromatic rings. The van der Waals surface area contributed by atoms with E-state index in [0.29, 0.717) is 22.6 Å². The second-order valence-corrected chi connectivity index (χ2v) is 5.09. The number of carbonyl (C=O) groups is 2. The summed E-state index contributed by atoms with van der Waals surface area (Å²) in [5, 5.41) is 5.34. The van der Waals surface area contributed by atoms with Crippen LogP contribution in [0, 0.1) is 5.82 Å². The molecule has 0 spiro atoms. The predicted molar refractivity (Wildman–Crippen MR) is 83.6 cm³/mol. The topological polar surface area (TPSA) is 76.7 Å². The molecule has 0 aromatic heterocycles. The molecular formula is C17H15FN2O4. The highest BCUT2D eigenvalue weighted by Gasteiger charge is 2.16. The van der Waals surface area contributed by atoms with E-state index in [1.807, 2.05) is 0 Å². The van der Waals surface area contributed by atoms with E-state index in [2.05, 4.69) is 10.6 Å². The van der Waals surface area contributed by atoms with Crippen LogP contribution in [0.3, 0.4) is 0 Å². The zero-order valence-electron chi connectivity index (χ0n) is 12.7. The standard InChI is InChI=1S/C17H15FN2O4/c18-13-4-1-11(2-5-13)16(21)19-7-8-20-17(22)12-3-6-14-15(9-12)24-10-23-14/h1-6,9H,7-8,10H2,(H,19,21)(H,20,22). The maximum absolute atomic E-state index is 12.8. The summed E-state index contributed by atoms with van der Waals surface area (Å²) in [6.07, 6.45) is 0. The van der Waals surface area contributed by atoms with E-state index in [1.54, 1.807) is 18.2 Å². The number of nitrogens with one attached hydrogen (secondary N) is 2. The van der Waals surface area contributed by atoms with Crippen LogP contribution in [0.4, 0.5) is 4.39 Å². The van der Waals surface area contributed by atoms with Crippen molar-refractivity contribution in [2.24, 2.45) is 0 Å². The van der Waals surface area contributed by atoms with Crippen molar-refractivity contribution in [3.05, 3.63) is 59.4 Å². The third-order valence-electron chi connectivity index (χ3n) is 3.44. The summed E-state index contributed by atoms with van der Waals surface area (Å²) in [5.41, 5.74) is 0.808. The Hall–Kier alpha value is -3.09. The van der Waals surface area contributed by atoms with Crippen LogP contribution in [0.15, 0.2) is 42.5 Å². The normalized spacial score (nSPS) is 11.9. The minimum absolute atomic E-state index is 0.149. The fourth-order valence-corrected chi connectivity index (χ4v) is 2.20. The van der Waals surface area contributed by atoms with Gasteiger partial charge in [-0.1, -0.05) is 0 Å². The molecule has 2 amide bonds. The number of hydrogen-bond donors (Lipinski definition) is 2. The summed E-state index contributed by atoms with van der Waals surface area (Å²) in [6.45, 7) is 0.669. The molecule has 1 aliphatic rings. The summed E-state index contributed by atoms with van der Waals surface area (Å²) >= 11 is 0. The number of amides is 2. The Morgan fingerprint density at radius 1 is 0.875 bits per heavy atom. The third-order valence-corrected chi connectivity index (χ3v) is 3.44. The van der Waals surface area contributed by atoms with Gasteiger partial charge in [-0.25, -0.2) is 4.39 Å². The number of carbonyl (C=O) groups excluding carboxylic acids is 2. The summed E-state index contributed by atoms with van der Waals surface area (Å²) in [5.74, 6) is 0.143. The van der Waals surface area contributed by atoms with Crippen molar-refractivity contribution in [2.45, 2.75) is 0 Å². The zero-order valence-corrected chi connectivity index (χ0v) is 12.7. The molecule has 2 aromatic carbocycles. The lowest BCUT2D eigenvalue weighted by Crippen LogP contribution is -2.34. The van der Waals surface area contributed by atoms with E-state index in [4.69, 9.17) is 9.47 Å². The van der Waals surface area contributed by atoms with E-state index in [1.165, 1.54) is 24.3 Å². The fourth-order valence-electron chi connectivity index (χ4n) is 2.20. The second-order valence-electron chi connectivity index (χ2n) is 5.09. The monoisotopic (exact) mass is 330 g/mol. The van der Waals surface area contributed by atoms with Crippen molar-refractivity contribution >= 4 is 11.8 Å². The van der Waals surface area contributed by atoms with E-state index >= 15 is 0 Å². The van der Waals surface area contributed by atoms with Crippen LogP contribution in [0.5, 0.6) is 11.5 Å². The molecule has 0 saturated carbocycles. The molecule has 0 radical (unpaired) electrons. The molecule has 7 heteroatoms. The van der Waals surface area contributed by atoms with Gasteiger partial charge in [0.25, 0.3) is 11.8 Å². The molecule has 0 fully saturated rings. The molecule has 124 valence electrons. The summed E-state index contributed by atoms with van der Waals surface area (Å²) in [7, 11) is 0. The second kappa shape index (κ2) is 6.99. The van der Waals surface area contributed by atoms with Crippen molar-refractivity contribution in [3.8, 4) is 11.5 Å². The van der Waals surface area contributed by atoms with Gasteiger partial charge in [-0.3, -0.25) is 9.59 Å². The van der Waals surface area contributed by atoms with Gasteiger partial charge in [-0.2, -0.15) is 0 Å². The third kappa shape index (κ3) is 3.62. The molecule has 0 bridgehead atoms. The number of benzene rings is 2. The highest BCUT2D eigenvalue weighted by Crippen LogP contribution is 2.32. The maximum atomic E-state index is 12.8. The molecule has 3 rings (SSSR count). The van der Waals surface area contributed by atoms with Gasteiger partial charge in [0.15, 0.2) is 11.5 Å². The van der Waals surface area contributed by atoms with Gasteiger partial charge >= 0.3 is 0 Å². The van der Waals surface area contributed by atoms with Crippen molar-refractivity contribution in [1.29, 1.82) is 0 Å². The lowest BCUT2D eigenvalue weighted by molar-refractivity contribution is 0.0927. The van der Waals surface area contributed by atoms with Crippen LogP contribution in [0.25, 0.3) is 0 Å². The molecule has 1 aliphatic heterocycles. The van der Waals surface area contributed by atoms with Crippen molar-refractivity contribution in [2.75, 3.05) is 19.9 Å². The average molecular weight is 330 g/mol. The lowest BCUT2D eigenvalue weighted by Gasteiger charge is -2.08. The summed E-state index contributed by atoms with van der Waals surface area (Å²) < 4.78 is 23.2. The van der Waals surface area contributed by atoms with Gasteiger partial charge in [0.1, 0.15) is 5.82 Å². The number of fused-ring (bicyclic) bond motifs is 1. The van der Waals surface area contributed by atoms with Crippen LogP contribution in [-0.4, -0.2) is 31.7 Å². The zero-order chi connectivity index (χ0) is 16.9. The Labute approximate surface area is 137 Å². The van der Waals surface area contributed by atoms with Gasteiger partial charge in [-0.15, -0.1) is 0 Å². The van der Waals surface area contributed by atoms with Gasteiger partial charge < -0.3 is 20.1 Å². The number of halogens is 1. The Morgan fingerprint density at radius 3 is 2.17 bits per heavy atom. The molecule has 0 aliphatic carbocycles. The van der Waals surface area contributed by atoms with Crippen molar-refractivity contribution in [3.63, 3.8) is 0 Å². The summed E-state index contributed by atoms with van der Waals surface area (Å²) in [4.78, 5) is 23.9. The minimum Gasteiger partial charge on any atom is -0.454 e.